The highest BCUT2D eigenvalue weighted by Gasteiger charge is 2.31. The van der Waals surface area contributed by atoms with E-state index in [0.29, 0.717) is 16.6 Å². The molecule has 0 aliphatic carbocycles. The van der Waals surface area contributed by atoms with Crippen molar-refractivity contribution in [1.82, 2.24) is 14.2 Å². The molecule has 0 atom stereocenters. The average molecular weight is 458 g/mol. The highest BCUT2D eigenvalue weighted by atomic mass is 19.4. The van der Waals surface area contributed by atoms with Gasteiger partial charge in [-0.1, -0.05) is 42.5 Å². The van der Waals surface area contributed by atoms with E-state index in [0.717, 1.165) is 22.5 Å². The van der Waals surface area contributed by atoms with Crippen molar-refractivity contribution in [1.29, 1.82) is 0 Å². The summed E-state index contributed by atoms with van der Waals surface area (Å²) < 4.78 is 42.9. The maximum atomic E-state index is 13.3. The maximum Gasteiger partial charge on any atom is 0.416 e. The normalized spacial score (nSPS) is 12.0. The number of halogens is 3. The standard InChI is InChI=1S/C26H17F3N4O/c27-26(28,29)19-9-6-8-18(16-19)24-31-23-14-5-4-13-22(23)25(34)33(24)30-17-21-12-7-15-32(21)20-10-2-1-3-11-20/h1-17H. The van der Waals surface area contributed by atoms with Crippen LogP contribution in [0.15, 0.2) is 107 Å². The molecule has 0 fully saturated rings. The lowest BCUT2D eigenvalue weighted by molar-refractivity contribution is -0.137. The third-order valence-corrected chi connectivity index (χ3v) is 5.32. The molecule has 5 aromatic rings. The molecule has 0 aliphatic heterocycles. The Morgan fingerprint density at radius 1 is 0.853 bits per heavy atom. The van der Waals surface area contributed by atoms with Gasteiger partial charge in [-0.3, -0.25) is 4.79 Å². The van der Waals surface area contributed by atoms with E-state index in [1.54, 1.807) is 24.3 Å². The molecule has 2 heterocycles. The fourth-order valence-corrected chi connectivity index (χ4v) is 3.69. The Kier molecular flexibility index (Phi) is 5.33. The van der Waals surface area contributed by atoms with Crippen LogP contribution in [0, 0.1) is 0 Å². The predicted octanol–water partition coefficient (Wildman–Crippen LogP) is 5.76. The van der Waals surface area contributed by atoms with Crippen molar-refractivity contribution >= 4 is 17.1 Å². The highest BCUT2D eigenvalue weighted by molar-refractivity contribution is 5.81. The Labute approximate surface area is 192 Å². The van der Waals surface area contributed by atoms with Crippen molar-refractivity contribution in [3.05, 3.63) is 119 Å². The molecule has 3 aromatic carbocycles. The smallest absolute Gasteiger partial charge is 0.316 e. The van der Waals surface area contributed by atoms with Crippen LogP contribution in [-0.2, 0) is 6.18 Å². The van der Waals surface area contributed by atoms with Gasteiger partial charge in [-0.05, 0) is 48.5 Å². The number of hydrogen-bond acceptors (Lipinski definition) is 3. The predicted molar refractivity (Wildman–Crippen MR) is 125 cm³/mol. The zero-order valence-electron chi connectivity index (χ0n) is 17.6. The van der Waals surface area contributed by atoms with Gasteiger partial charge in [-0.2, -0.15) is 22.9 Å². The van der Waals surface area contributed by atoms with E-state index < -0.39 is 17.3 Å². The number of para-hydroxylation sites is 2. The summed E-state index contributed by atoms with van der Waals surface area (Å²) in [6, 6.07) is 24.6. The molecular weight excluding hydrogens is 441 g/mol. The van der Waals surface area contributed by atoms with E-state index in [-0.39, 0.29) is 11.4 Å². The summed E-state index contributed by atoms with van der Waals surface area (Å²) in [5.41, 5.74) is 0.776. The van der Waals surface area contributed by atoms with Gasteiger partial charge in [0.2, 0.25) is 0 Å². The van der Waals surface area contributed by atoms with Crippen LogP contribution in [0.1, 0.15) is 11.3 Å². The van der Waals surface area contributed by atoms with Crippen molar-refractivity contribution in [2.24, 2.45) is 5.10 Å². The molecular formula is C26H17F3N4O. The molecule has 168 valence electrons. The Bertz CT molecular complexity index is 1570. The van der Waals surface area contributed by atoms with E-state index in [9.17, 15) is 18.0 Å². The van der Waals surface area contributed by atoms with Gasteiger partial charge in [0.05, 0.1) is 28.4 Å². The van der Waals surface area contributed by atoms with Crippen molar-refractivity contribution in [2.75, 3.05) is 0 Å². The molecule has 34 heavy (non-hydrogen) atoms. The second-order valence-electron chi connectivity index (χ2n) is 7.53. The molecule has 2 aromatic heterocycles. The molecule has 0 N–H and O–H groups in total. The molecule has 0 aliphatic rings. The summed E-state index contributed by atoms with van der Waals surface area (Å²) in [5.74, 6) is 0.0175. The molecule has 0 spiro atoms. The van der Waals surface area contributed by atoms with Crippen molar-refractivity contribution in [3.63, 3.8) is 0 Å². The lowest BCUT2D eigenvalue weighted by atomic mass is 10.1. The summed E-state index contributed by atoms with van der Waals surface area (Å²) in [5, 5.41) is 4.68. The highest BCUT2D eigenvalue weighted by Crippen LogP contribution is 2.31. The largest absolute Gasteiger partial charge is 0.416 e. The van der Waals surface area contributed by atoms with Crippen LogP contribution >= 0.6 is 0 Å². The van der Waals surface area contributed by atoms with Gasteiger partial charge in [0, 0.05) is 17.4 Å². The molecule has 0 bridgehead atoms. The lowest BCUT2D eigenvalue weighted by Gasteiger charge is -2.12. The van der Waals surface area contributed by atoms with Gasteiger partial charge in [-0.25, -0.2) is 4.98 Å². The number of fused-ring (bicyclic) bond motifs is 1. The first-order valence-electron chi connectivity index (χ1n) is 10.4. The number of benzene rings is 3. The van der Waals surface area contributed by atoms with Crippen LogP contribution in [0.25, 0.3) is 28.0 Å². The zero-order chi connectivity index (χ0) is 23.7. The summed E-state index contributed by atoms with van der Waals surface area (Å²) >= 11 is 0. The molecule has 0 amide bonds. The minimum Gasteiger partial charge on any atom is -0.316 e. The Balaban J connectivity index is 1.69. The number of nitrogens with zero attached hydrogens (tertiary/aromatic N) is 4. The number of rotatable bonds is 4. The van der Waals surface area contributed by atoms with Gasteiger partial charge >= 0.3 is 6.18 Å². The quantitative estimate of drug-likeness (QED) is 0.322. The fraction of sp³-hybridized carbons (Fsp3) is 0.0385. The summed E-state index contributed by atoms with van der Waals surface area (Å²) in [6.45, 7) is 0. The molecule has 5 rings (SSSR count). The monoisotopic (exact) mass is 458 g/mol. The molecule has 0 unspecified atom stereocenters. The summed E-state index contributed by atoms with van der Waals surface area (Å²) in [4.78, 5) is 17.8. The van der Waals surface area contributed by atoms with Crippen molar-refractivity contribution in [2.45, 2.75) is 6.18 Å². The first-order chi connectivity index (χ1) is 16.4. The van der Waals surface area contributed by atoms with Crippen LogP contribution in [0.3, 0.4) is 0 Å². The second-order valence-corrected chi connectivity index (χ2v) is 7.53. The third kappa shape index (κ3) is 4.01. The van der Waals surface area contributed by atoms with Crippen LogP contribution in [0.2, 0.25) is 0 Å². The topological polar surface area (TPSA) is 52.2 Å². The van der Waals surface area contributed by atoms with Crippen LogP contribution in [-0.4, -0.2) is 20.4 Å². The lowest BCUT2D eigenvalue weighted by Crippen LogP contribution is -2.20. The van der Waals surface area contributed by atoms with Gasteiger partial charge < -0.3 is 4.57 Å². The van der Waals surface area contributed by atoms with Gasteiger partial charge in [0.1, 0.15) is 0 Å². The molecule has 5 nitrogen and oxygen atoms in total. The summed E-state index contributed by atoms with van der Waals surface area (Å²) in [7, 11) is 0. The third-order valence-electron chi connectivity index (χ3n) is 5.32. The Morgan fingerprint density at radius 3 is 2.41 bits per heavy atom. The van der Waals surface area contributed by atoms with Gasteiger partial charge in [-0.15, -0.1) is 0 Å². The van der Waals surface area contributed by atoms with E-state index in [4.69, 9.17) is 0 Å². The average Bonchev–Trinajstić information content (AvgIpc) is 3.32. The van der Waals surface area contributed by atoms with E-state index in [2.05, 4.69) is 10.1 Å². The zero-order valence-corrected chi connectivity index (χ0v) is 17.6. The van der Waals surface area contributed by atoms with Crippen molar-refractivity contribution < 1.29 is 13.2 Å². The molecule has 0 radical (unpaired) electrons. The minimum atomic E-state index is -4.53. The van der Waals surface area contributed by atoms with Crippen LogP contribution in [0.5, 0.6) is 0 Å². The molecule has 8 heteroatoms. The molecule has 0 saturated carbocycles. The number of alkyl halides is 3. The summed E-state index contributed by atoms with van der Waals surface area (Å²) in [6.07, 6.45) is -1.19. The van der Waals surface area contributed by atoms with Crippen molar-refractivity contribution in [3.8, 4) is 17.1 Å². The maximum absolute atomic E-state index is 13.3. The SMILES string of the molecule is O=c1c2ccccc2nc(-c2cccc(C(F)(F)F)c2)n1N=Cc1cccn1-c1ccccc1. The Hall–Kier alpha value is -4.46. The first kappa shape index (κ1) is 21.4. The Morgan fingerprint density at radius 2 is 1.62 bits per heavy atom. The fourth-order valence-electron chi connectivity index (χ4n) is 3.69. The second kappa shape index (κ2) is 8.47. The number of aromatic nitrogens is 3. The molecule has 0 saturated heterocycles. The van der Waals surface area contributed by atoms with Gasteiger partial charge in [0.25, 0.3) is 5.56 Å². The minimum absolute atomic E-state index is 0.0175. The van der Waals surface area contributed by atoms with Crippen LogP contribution < -0.4 is 5.56 Å². The van der Waals surface area contributed by atoms with E-state index in [1.807, 2.05) is 53.2 Å². The first-order valence-corrected chi connectivity index (χ1v) is 10.4. The van der Waals surface area contributed by atoms with E-state index in [1.165, 1.54) is 18.3 Å². The van der Waals surface area contributed by atoms with Gasteiger partial charge in [0.15, 0.2) is 5.82 Å². The number of hydrogen-bond donors (Lipinski definition) is 0. The van der Waals surface area contributed by atoms with E-state index >= 15 is 0 Å². The van der Waals surface area contributed by atoms with Crippen LogP contribution in [0.4, 0.5) is 13.2 Å².